The molecule has 0 saturated carbocycles. The number of anilines is 1. The Balaban J connectivity index is 1.57. The molecular formula is C28H28F3N5O5S. The molecule has 42 heavy (non-hydrogen) atoms. The number of amides is 1. The number of benzene rings is 2. The second kappa shape index (κ2) is 12.2. The van der Waals surface area contributed by atoms with Gasteiger partial charge >= 0.3 is 12.3 Å². The molecule has 4 aromatic rings. The number of fused-ring (bicyclic) bond motifs is 1. The number of rotatable bonds is 9. The summed E-state index contributed by atoms with van der Waals surface area (Å²) in [5.74, 6) is -1.18. The Morgan fingerprint density at radius 3 is 2.21 bits per heavy atom. The first-order chi connectivity index (χ1) is 19.7. The maximum absolute atomic E-state index is 14.0. The van der Waals surface area contributed by atoms with Gasteiger partial charge < -0.3 is 14.8 Å². The van der Waals surface area contributed by atoms with Gasteiger partial charge in [0.25, 0.3) is 15.9 Å². The minimum atomic E-state index is -4.87. The van der Waals surface area contributed by atoms with Crippen LogP contribution in [-0.2, 0) is 21.2 Å². The molecular weight excluding hydrogens is 575 g/mol. The van der Waals surface area contributed by atoms with Crippen molar-refractivity contribution in [2.45, 2.75) is 50.0 Å². The smallest absolute Gasteiger partial charge is 0.429 e. The summed E-state index contributed by atoms with van der Waals surface area (Å²) in [6.07, 6.45) is -5.22. The summed E-state index contributed by atoms with van der Waals surface area (Å²) in [5.41, 5.74) is 0.224. The van der Waals surface area contributed by atoms with E-state index in [0.717, 1.165) is 11.8 Å². The second-order valence-electron chi connectivity index (χ2n) is 10.1. The molecule has 0 radical (unpaired) electrons. The maximum Gasteiger partial charge on any atom is 0.429 e. The number of nitrogens with one attached hydrogen (secondary N) is 2. The van der Waals surface area contributed by atoms with Gasteiger partial charge in [-0.25, -0.2) is 23.2 Å². The molecule has 2 N–H and O–H groups in total. The molecule has 0 spiro atoms. The highest BCUT2D eigenvalue weighted by molar-refractivity contribution is 7.92. The van der Waals surface area contributed by atoms with Gasteiger partial charge in [0.1, 0.15) is 5.60 Å². The van der Waals surface area contributed by atoms with Crippen LogP contribution in [0.2, 0.25) is 0 Å². The van der Waals surface area contributed by atoms with E-state index in [4.69, 9.17) is 9.47 Å². The Hall–Kier alpha value is -4.46. The van der Waals surface area contributed by atoms with Crippen LogP contribution < -0.4 is 14.8 Å². The van der Waals surface area contributed by atoms with Gasteiger partial charge in [0.2, 0.25) is 11.9 Å². The fraction of sp³-hybridized carbons (Fsp3) is 0.286. The van der Waals surface area contributed by atoms with Crippen molar-refractivity contribution in [2.24, 2.45) is 0 Å². The van der Waals surface area contributed by atoms with Crippen molar-refractivity contribution in [3.8, 4) is 5.88 Å². The summed E-state index contributed by atoms with van der Waals surface area (Å²) in [7, 11) is -4.33. The van der Waals surface area contributed by atoms with Crippen molar-refractivity contribution in [1.82, 2.24) is 20.3 Å². The standard InChI is InChI=1S/C28H28F3N5O5S/c1-27(2,3)41-26(37)33-16-14-18-10-12-20(13-11-18)42(38,39)36-24-25(35-22-9-5-4-8-21(22)34-24)40-23(28(29,30)31)19-7-6-15-32-17-19/h4-13,15,17,23H,14,16H2,1-3H3,(H,33,37)(H,34,36). The molecule has 2 aromatic carbocycles. The first kappa shape index (κ1) is 30.5. The monoisotopic (exact) mass is 603 g/mol. The topological polar surface area (TPSA) is 132 Å². The lowest BCUT2D eigenvalue weighted by atomic mass is 10.1. The number of sulfonamides is 1. The summed E-state index contributed by atoms with van der Waals surface area (Å²) in [4.78, 5) is 23.7. The van der Waals surface area contributed by atoms with E-state index in [1.165, 1.54) is 42.6 Å². The van der Waals surface area contributed by atoms with Gasteiger partial charge in [-0.1, -0.05) is 30.3 Å². The number of carbonyl (C=O) groups excluding carboxylic acids is 1. The molecule has 0 saturated heterocycles. The average Bonchev–Trinajstić information content (AvgIpc) is 2.90. The fourth-order valence-electron chi connectivity index (χ4n) is 3.74. The number of hydrogen-bond acceptors (Lipinski definition) is 8. The molecule has 2 aromatic heterocycles. The van der Waals surface area contributed by atoms with Crippen molar-refractivity contribution in [2.75, 3.05) is 11.3 Å². The maximum atomic E-state index is 14.0. The second-order valence-corrected chi connectivity index (χ2v) is 11.8. The summed E-state index contributed by atoms with van der Waals surface area (Å²) in [6.45, 7) is 5.49. The molecule has 1 atom stereocenters. The zero-order chi connectivity index (χ0) is 30.5. The minimum absolute atomic E-state index is 0.174. The minimum Gasteiger partial charge on any atom is -0.457 e. The van der Waals surface area contributed by atoms with E-state index in [1.807, 2.05) is 0 Å². The van der Waals surface area contributed by atoms with Gasteiger partial charge in [-0.3, -0.25) is 9.71 Å². The van der Waals surface area contributed by atoms with Crippen LogP contribution in [0.3, 0.4) is 0 Å². The van der Waals surface area contributed by atoms with E-state index in [-0.39, 0.29) is 28.0 Å². The number of halogens is 3. The number of para-hydroxylation sites is 2. The SMILES string of the molecule is CC(C)(C)OC(=O)NCCc1ccc(S(=O)(=O)Nc2nc3ccccc3nc2OC(c2cccnc2)C(F)(F)F)cc1. The Morgan fingerprint density at radius 1 is 0.952 bits per heavy atom. The zero-order valence-electron chi connectivity index (χ0n) is 22.8. The number of nitrogens with zero attached hydrogens (tertiary/aromatic N) is 3. The summed E-state index contributed by atoms with van der Waals surface area (Å²) >= 11 is 0. The number of alkyl halides is 3. The number of alkyl carbamates (subject to hydrolysis) is 1. The average molecular weight is 604 g/mol. The number of hydrogen-bond donors (Lipinski definition) is 2. The Kier molecular flexibility index (Phi) is 8.85. The van der Waals surface area contributed by atoms with E-state index in [2.05, 4.69) is 25.0 Å². The third-order valence-electron chi connectivity index (χ3n) is 5.60. The Morgan fingerprint density at radius 2 is 1.62 bits per heavy atom. The van der Waals surface area contributed by atoms with Gasteiger partial charge in [0.05, 0.1) is 15.9 Å². The first-order valence-electron chi connectivity index (χ1n) is 12.7. The summed E-state index contributed by atoms with van der Waals surface area (Å²) in [6, 6.07) is 14.6. The van der Waals surface area contributed by atoms with Crippen LogP contribution in [-0.4, -0.2) is 47.8 Å². The predicted molar refractivity (Wildman–Crippen MR) is 148 cm³/mol. The third kappa shape index (κ3) is 8.06. The van der Waals surface area contributed by atoms with E-state index < -0.39 is 45.7 Å². The van der Waals surface area contributed by atoms with Gasteiger partial charge in [-0.2, -0.15) is 13.2 Å². The molecule has 222 valence electrons. The molecule has 0 aliphatic heterocycles. The molecule has 0 bridgehead atoms. The van der Waals surface area contributed by atoms with E-state index in [0.29, 0.717) is 6.42 Å². The summed E-state index contributed by atoms with van der Waals surface area (Å²) < 4.78 is 81.2. The fourth-order valence-corrected chi connectivity index (χ4v) is 4.74. The number of ether oxygens (including phenoxy) is 2. The van der Waals surface area contributed by atoms with Crippen LogP contribution in [0.15, 0.2) is 78.0 Å². The van der Waals surface area contributed by atoms with E-state index in [1.54, 1.807) is 45.0 Å². The normalized spacial score (nSPS) is 12.9. The van der Waals surface area contributed by atoms with Crippen molar-refractivity contribution >= 4 is 33.0 Å². The van der Waals surface area contributed by atoms with Crippen molar-refractivity contribution in [3.63, 3.8) is 0 Å². The Labute approximate surface area is 240 Å². The summed E-state index contributed by atoms with van der Waals surface area (Å²) in [5, 5.41) is 2.62. The van der Waals surface area contributed by atoms with Crippen LogP contribution in [0.4, 0.5) is 23.8 Å². The quantitative estimate of drug-likeness (QED) is 0.254. The largest absolute Gasteiger partial charge is 0.457 e. The molecule has 0 fully saturated rings. The molecule has 2 heterocycles. The van der Waals surface area contributed by atoms with Crippen molar-refractivity contribution in [1.29, 1.82) is 0 Å². The lowest BCUT2D eigenvalue weighted by molar-refractivity contribution is -0.198. The molecule has 10 nitrogen and oxygen atoms in total. The molecule has 0 aliphatic carbocycles. The zero-order valence-corrected chi connectivity index (χ0v) is 23.7. The van der Waals surface area contributed by atoms with Crippen molar-refractivity contribution < 1.29 is 35.9 Å². The van der Waals surface area contributed by atoms with Gasteiger partial charge in [0, 0.05) is 24.5 Å². The van der Waals surface area contributed by atoms with Gasteiger partial charge in [0.15, 0.2) is 0 Å². The molecule has 1 amide bonds. The van der Waals surface area contributed by atoms with Gasteiger partial charge in [-0.05, 0) is 63.1 Å². The van der Waals surface area contributed by atoms with Crippen LogP contribution in [0.5, 0.6) is 5.88 Å². The third-order valence-corrected chi connectivity index (χ3v) is 6.95. The Bertz CT molecular complexity index is 1650. The number of pyridine rings is 1. The molecule has 14 heteroatoms. The highest BCUT2D eigenvalue weighted by Crippen LogP contribution is 2.38. The predicted octanol–water partition coefficient (Wildman–Crippen LogP) is 5.58. The lowest BCUT2D eigenvalue weighted by Gasteiger charge is -2.22. The van der Waals surface area contributed by atoms with Crippen LogP contribution >= 0.6 is 0 Å². The number of aromatic nitrogens is 3. The van der Waals surface area contributed by atoms with Gasteiger partial charge in [-0.15, -0.1) is 0 Å². The number of carbonyl (C=O) groups is 1. The van der Waals surface area contributed by atoms with Crippen LogP contribution in [0, 0.1) is 0 Å². The first-order valence-corrected chi connectivity index (χ1v) is 14.2. The van der Waals surface area contributed by atoms with Crippen molar-refractivity contribution in [3.05, 3.63) is 84.2 Å². The molecule has 0 aliphatic rings. The lowest BCUT2D eigenvalue weighted by Crippen LogP contribution is -2.33. The molecule has 4 rings (SSSR count). The highest BCUT2D eigenvalue weighted by atomic mass is 32.2. The van der Waals surface area contributed by atoms with E-state index >= 15 is 0 Å². The van der Waals surface area contributed by atoms with Crippen LogP contribution in [0.1, 0.15) is 38.0 Å². The van der Waals surface area contributed by atoms with Crippen LogP contribution in [0.25, 0.3) is 11.0 Å². The molecule has 1 unspecified atom stereocenters. The highest BCUT2D eigenvalue weighted by Gasteiger charge is 2.44. The van der Waals surface area contributed by atoms with E-state index in [9.17, 15) is 26.4 Å².